The average molecular weight is 375 g/mol. The van der Waals surface area contributed by atoms with Crippen LogP contribution in [0.25, 0.3) is 0 Å². The highest BCUT2D eigenvalue weighted by atomic mass is 19.2. The number of halogens is 5. The van der Waals surface area contributed by atoms with E-state index in [1.54, 1.807) is 26.2 Å². The fourth-order valence-corrected chi connectivity index (χ4v) is 2.28. The molecule has 0 amide bonds. The number of carbonyl (C=O) groups is 1. The van der Waals surface area contributed by atoms with Crippen LogP contribution >= 0.6 is 0 Å². The molecule has 2 aromatic rings. The van der Waals surface area contributed by atoms with E-state index in [0.29, 0.717) is 17.0 Å². The van der Waals surface area contributed by atoms with Crippen molar-refractivity contribution in [1.82, 2.24) is 4.98 Å². The average Bonchev–Trinajstić information content (AvgIpc) is 2.88. The van der Waals surface area contributed by atoms with Crippen molar-refractivity contribution in [3.05, 3.63) is 51.6 Å². The van der Waals surface area contributed by atoms with Crippen LogP contribution in [0.4, 0.5) is 27.6 Å². The molecule has 0 fully saturated rings. The summed E-state index contributed by atoms with van der Waals surface area (Å²) >= 11 is 0. The summed E-state index contributed by atoms with van der Waals surface area (Å²) < 4.78 is 71.2. The number of nitrogens with zero attached hydrogens (tertiary/aromatic N) is 1. The second kappa shape index (κ2) is 7.54. The van der Waals surface area contributed by atoms with Gasteiger partial charge in [-0.05, 0) is 26.3 Å². The van der Waals surface area contributed by atoms with Crippen molar-refractivity contribution in [3.63, 3.8) is 0 Å². The summed E-state index contributed by atoms with van der Waals surface area (Å²) in [4.78, 5) is 14.7. The van der Waals surface area contributed by atoms with Gasteiger partial charge >= 0.3 is 5.97 Å². The Balaban J connectivity index is 2.31. The molecular weight excluding hydrogens is 361 g/mol. The predicted molar refractivity (Wildman–Crippen MR) is 83.7 cm³/mol. The number of hydrogen-bond acceptors (Lipinski definition) is 4. The topological polar surface area (TPSA) is 66.5 Å². The maximum atomic E-state index is 13.5. The molecule has 1 heterocycles. The molecule has 0 aliphatic heterocycles. The van der Waals surface area contributed by atoms with Crippen LogP contribution in [0.15, 0.2) is 5.10 Å². The number of hydrazone groups is 1. The van der Waals surface area contributed by atoms with E-state index in [1.165, 1.54) is 0 Å². The van der Waals surface area contributed by atoms with Crippen molar-refractivity contribution < 1.29 is 31.5 Å². The standard InChI is InChI=1S/C16H14F5N3O2/c1-4-26-16(25)9-6(2)8(23-7(9)3)5-22-24-15-13(20)11(18)10(17)12(19)14(15)21/h5,23-24H,4H2,1-3H3/b22-5+. The zero-order valence-electron chi connectivity index (χ0n) is 13.9. The number of anilines is 1. The molecule has 0 bridgehead atoms. The lowest BCUT2D eigenvalue weighted by Gasteiger charge is -2.06. The minimum atomic E-state index is -2.26. The van der Waals surface area contributed by atoms with Crippen molar-refractivity contribution in [2.75, 3.05) is 12.0 Å². The van der Waals surface area contributed by atoms with Crippen LogP contribution in [0.5, 0.6) is 0 Å². The van der Waals surface area contributed by atoms with E-state index in [-0.39, 0.29) is 12.2 Å². The first-order valence-corrected chi connectivity index (χ1v) is 7.37. The third kappa shape index (κ3) is 3.39. The third-order valence-electron chi connectivity index (χ3n) is 3.54. The zero-order chi connectivity index (χ0) is 19.6. The number of carbonyl (C=O) groups excluding carboxylic acids is 1. The van der Waals surface area contributed by atoms with E-state index in [0.717, 1.165) is 6.21 Å². The molecule has 2 rings (SSSR count). The second-order valence-corrected chi connectivity index (χ2v) is 5.20. The van der Waals surface area contributed by atoms with Crippen molar-refractivity contribution >= 4 is 17.9 Å². The lowest BCUT2D eigenvalue weighted by atomic mass is 10.1. The maximum absolute atomic E-state index is 13.5. The van der Waals surface area contributed by atoms with Crippen LogP contribution in [0, 0.1) is 42.9 Å². The van der Waals surface area contributed by atoms with Crippen LogP contribution < -0.4 is 5.43 Å². The molecule has 0 unspecified atom stereocenters. The number of aromatic nitrogens is 1. The lowest BCUT2D eigenvalue weighted by Crippen LogP contribution is -2.07. The number of hydrogen-bond donors (Lipinski definition) is 2. The SMILES string of the molecule is CCOC(=O)c1c(C)[nH]c(/C=N/Nc2c(F)c(F)c(F)c(F)c2F)c1C. The van der Waals surface area contributed by atoms with Crippen molar-refractivity contribution in [2.45, 2.75) is 20.8 Å². The normalized spacial score (nSPS) is 11.2. The van der Waals surface area contributed by atoms with Crippen molar-refractivity contribution in [2.24, 2.45) is 5.10 Å². The monoisotopic (exact) mass is 375 g/mol. The summed E-state index contributed by atoms with van der Waals surface area (Å²) in [5.74, 6) is -11.1. The number of rotatable bonds is 5. The first-order valence-electron chi connectivity index (χ1n) is 7.37. The van der Waals surface area contributed by atoms with E-state index in [4.69, 9.17) is 4.74 Å². The quantitative estimate of drug-likeness (QED) is 0.208. The summed E-state index contributed by atoms with van der Waals surface area (Å²) in [6.45, 7) is 5.00. The van der Waals surface area contributed by atoms with Gasteiger partial charge in [-0.15, -0.1) is 0 Å². The molecule has 0 atom stereocenters. The largest absolute Gasteiger partial charge is 0.462 e. The first kappa shape index (κ1) is 19.4. The third-order valence-corrected chi connectivity index (χ3v) is 3.54. The van der Waals surface area contributed by atoms with E-state index < -0.39 is 40.7 Å². The number of ether oxygens (including phenoxy) is 1. The molecule has 0 saturated heterocycles. The Labute approximate surface area is 144 Å². The van der Waals surface area contributed by atoms with Gasteiger partial charge in [0.25, 0.3) is 0 Å². The van der Waals surface area contributed by atoms with Crippen LogP contribution in [-0.4, -0.2) is 23.8 Å². The highest BCUT2D eigenvalue weighted by molar-refractivity contribution is 5.96. The Morgan fingerprint density at radius 2 is 1.62 bits per heavy atom. The van der Waals surface area contributed by atoms with Gasteiger partial charge in [0.2, 0.25) is 5.82 Å². The van der Waals surface area contributed by atoms with Gasteiger partial charge in [-0.3, -0.25) is 5.43 Å². The molecule has 2 N–H and O–H groups in total. The van der Waals surface area contributed by atoms with Crippen LogP contribution in [0.2, 0.25) is 0 Å². The number of esters is 1. The van der Waals surface area contributed by atoms with E-state index in [9.17, 15) is 26.7 Å². The van der Waals surface area contributed by atoms with Gasteiger partial charge < -0.3 is 9.72 Å². The van der Waals surface area contributed by atoms with Crippen LogP contribution in [0.3, 0.4) is 0 Å². The van der Waals surface area contributed by atoms with Gasteiger partial charge in [0.15, 0.2) is 23.3 Å². The van der Waals surface area contributed by atoms with Gasteiger partial charge in [0, 0.05) is 5.69 Å². The number of aromatic amines is 1. The van der Waals surface area contributed by atoms with Crippen molar-refractivity contribution in [1.29, 1.82) is 0 Å². The minimum Gasteiger partial charge on any atom is -0.462 e. The summed E-state index contributed by atoms with van der Waals surface area (Å²) in [5, 5.41) is 3.47. The molecular formula is C16H14F5N3O2. The van der Waals surface area contributed by atoms with Crippen LogP contribution in [0.1, 0.15) is 34.2 Å². The zero-order valence-corrected chi connectivity index (χ0v) is 13.9. The minimum absolute atomic E-state index is 0.175. The number of aryl methyl sites for hydroxylation is 1. The van der Waals surface area contributed by atoms with E-state index in [1.807, 2.05) is 0 Å². The summed E-state index contributed by atoms with van der Waals surface area (Å²) in [5.41, 5.74) is 1.98. The van der Waals surface area contributed by atoms with Gasteiger partial charge in [-0.2, -0.15) is 5.10 Å². The molecule has 10 heteroatoms. The molecule has 5 nitrogen and oxygen atoms in total. The molecule has 1 aromatic heterocycles. The van der Waals surface area contributed by atoms with Gasteiger partial charge in [0.1, 0.15) is 5.69 Å². The lowest BCUT2D eigenvalue weighted by molar-refractivity contribution is 0.0525. The summed E-state index contributed by atoms with van der Waals surface area (Å²) in [7, 11) is 0. The Kier molecular flexibility index (Phi) is 5.63. The van der Waals surface area contributed by atoms with Crippen LogP contribution in [-0.2, 0) is 4.74 Å². The molecule has 0 radical (unpaired) electrons. The fourth-order valence-electron chi connectivity index (χ4n) is 2.28. The Morgan fingerprint density at radius 3 is 2.15 bits per heavy atom. The molecule has 140 valence electrons. The number of nitrogens with one attached hydrogen (secondary N) is 2. The fraction of sp³-hybridized carbons (Fsp3) is 0.250. The highest BCUT2D eigenvalue weighted by Gasteiger charge is 2.25. The highest BCUT2D eigenvalue weighted by Crippen LogP contribution is 2.27. The molecule has 0 aliphatic carbocycles. The molecule has 1 aromatic carbocycles. The Bertz CT molecular complexity index is 864. The van der Waals surface area contributed by atoms with Gasteiger partial charge in [-0.1, -0.05) is 0 Å². The Hall–Kier alpha value is -2.91. The second-order valence-electron chi connectivity index (χ2n) is 5.20. The van der Waals surface area contributed by atoms with Gasteiger partial charge in [0.05, 0.1) is 24.1 Å². The number of benzene rings is 1. The smallest absolute Gasteiger partial charge is 0.340 e. The summed E-state index contributed by atoms with van der Waals surface area (Å²) in [6.07, 6.45) is 1.04. The summed E-state index contributed by atoms with van der Waals surface area (Å²) in [6, 6.07) is 0. The first-order chi connectivity index (χ1) is 12.2. The van der Waals surface area contributed by atoms with E-state index in [2.05, 4.69) is 10.1 Å². The van der Waals surface area contributed by atoms with E-state index >= 15 is 0 Å². The molecule has 26 heavy (non-hydrogen) atoms. The maximum Gasteiger partial charge on any atom is 0.340 e. The van der Waals surface area contributed by atoms with Gasteiger partial charge in [-0.25, -0.2) is 26.7 Å². The molecule has 0 saturated carbocycles. The molecule has 0 aliphatic rings. The Morgan fingerprint density at radius 1 is 1.08 bits per heavy atom. The number of H-pyrrole nitrogens is 1. The molecule has 0 spiro atoms. The predicted octanol–water partition coefficient (Wildman–Crippen LogP) is 3.95. The van der Waals surface area contributed by atoms with Crippen molar-refractivity contribution in [3.8, 4) is 0 Å².